The van der Waals surface area contributed by atoms with Crippen molar-refractivity contribution in [1.29, 1.82) is 0 Å². The Hall–Kier alpha value is -0.950. The molecule has 0 saturated heterocycles. The second-order valence-corrected chi connectivity index (χ2v) is 3.91. The van der Waals surface area contributed by atoms with Gasteiger partial charge in [-0.05, 0) is 17.0 Å². The molecule has 1 heterocycles. The number of carbonyl (C=O) groups is 1. The van der Waals surface area contributed by atoms with Crippen molar-refractivity contribution in [3.8, 4) is 0 Å². The minimum absolute atomic E-state index is 0.133. The predicted octanol–water partition coefficient (Wildman–Crippen LogP) is -0.192. The Bertz CT molecular complexity index is 335. The second kappa shape index (κ2) is 5.22. The highest BCUT2D eigenvalue weighted by Gasteiger charge is 2.27. The van der Waals surface area contributed by atoms with Crippen molar-refractivity contribution in [2.75, 3.05) is 7.11 Å². The lowest BCUT2D eigenvalue weighted by Crippen LogP contribution is -2.28. The van der Waals surface area contributed by atoms with Crippen LogP contribution in [0.15, 0.2) is 11.4 Å². The molecule has 0 radical (unpaired) electrons. The molecule has 84 valence electrons. The minimum atomic E-state index is -1.60. The van der Waals surface area contributed by atoms with E-state index in [1.54, 1.807) is 5.38 Å². The molecular weight excluding hydrogens is 220 g/mol. The normalized spacial score (nSPS) is 14.7. The first-order valence-corrected chi connectivity index (χ1v) is 5.10. The Kier molecular flexibility index (Phi) is 4.22. The Labute approximate surface area is 90.6 Å². The molecule has 0 saturated carbocycles. The quantitative estimate of drug-likeness (QED) is 0.626. The maximum Gasteiger partial charge on any atom is 0.337 e. The Balaban J connectivity index is 2.75. The van der Waals surface area contributed by atoms with E-state index < -0.39 is 18.2 Å². The van der Waals surface area contributed by atoms with Gasteiger partial charge in [-0.25, -0.2) is 4.79 Å². The molecule has 1 aromatic heterocycles. The molecule has 2 unspecified atom stereocenters. The van der Waals surface area contributed by atoms with Crippen LogP contribution in [-0.4, -0.2) is 34.5 Å². The number of carbonyl (C=O) groups excluding carboxylic acids is 1. The van der Waals surface area contributed by atoms with E-state index in [4.69, 9.17) is 5.11 Å². The first kappa shape index (κ1) is 12.1. The summed E-state index contributed by atoms with van der Waals surface area (Å²) in [4.78, 5) is 11.6. The van der Waals surface area contributed by atoms with Crippen molar-refractivity contribution in [2.24, 2.45) is 0 Å². The average molecular weight is 232 g/mol. The molecular formula is C9H12O5S. The van der Waals surface area contributed by atoms with Crippen LogP contribution in [0.5, 0.6) is 0 Å². The van der Waals surface area contributed by atoms with Crippen molar-refractivity contribution in [1.82, 2.24) is 0 Å². The largest absolute Gasteiger partial charge is 0.467 e. The third-order valence-corrected chi connectivity index (χ3v) is 2.85. The van der Waals surface area contributed by atoms with Crippen molar-refractivity contribution in [3.05, 3.63) is 21.9 Å². The van der Waals surface area contributed by atoms with Crippen LogP contribution in [0, 0.1) is 0 Å². The van der Waals surface area contributed by atoms with Gasteiger partial charge < -0.3 is 20.1 Å². The first-order valence-electron chi connectivity index (χ1n) is 4.22. The number of aliphatic hydroxyl groups excluding tert-OH is 3. The lowest BCUT2D eigenvalue weighted by molar-refractivity contribution is -0.156. The van der Waals surface area contributed by atoms with Gasteiger partial charge in [0.15, 0.2) is 6.10 Å². The summed E-state index contributed by atoms with van der Waals surface area (Å²) in [6, 6.07) is 1.53. The van der Waals surface area contributed by atoms with Gasteiger partial charge >= 0.3 is 5.97 Å². The van der Waals surface area contributed by atoms with E-state index >= 15 is 0 Å². The molecule has 0 aliphatic rings. The van der Waals surface area contributed by atoms with E-state index in [2.05, 4.69) is 4.74 Å². The number of ether oxygens (including phenoxy) is 1. The molecule has 1 aromatic rings. The molecule has 6 heteroatoms. The van der Waals surface area contributed by atoms with E-state index in [0.29, 0.717) is 10.4 Å². The third kappa shape index (κ3) is 2.75. The van der Waals surface area contributed by atoms with Crippen LogP contribution in [0.1, 0.15) is 16.5 Å². The van der Waals surface area contributed by atoms with Crippen LogP contribution in [-0.2, 0) is 16.1 Å². The topological polar surface area (TPSA) is 87.0 Å². The fraction of sp³-hybridized carbons (Fsp3) is 0.444. The van der Waals surface area contributed by atoms with Gasteiger partial charge in [-0.1, -0.05) is 0 Å². The lowest BCUT2D eigenvalue weighted by atomic mass is 10.1. The summed E-state index contributed by atoms with van der Waals surface area (Å²) in [5.74, 6) is -0.890. The number of methoxy groups -OCH3 is 1. The van der Waals surface area contributed by atoms with Crippen LogP contribution >= 0.6 is 11.3 Å². The van der Waals surface area contributed by atoms with Crippen molar-refractivity contribution >= 4 is 17.3 Å². The van der Waals surface area contributed by atoms with Crippen molar-refractivity contribution in [2.45, 2.75) is 18.8 Å². The molecule has 5 nitrogen and oxygen atoms in total. The van der Waals surface area contributed by atoms with Gasteiger partial charge in [0, 0.05) is 4.88 Å². The standard InChI is InChI=1S/C9H12O5S/c1-14-9(13)8(12)7(11)5-2-6(3-10)15-4-5/h2,4,7-8,10-12H,3H2,1H3. The molecule has 0 amide bonds. The summed E-state index contributed by atoms with van der Waals surface area (Å²) in [7, 11) is 1.13. The van der Waals surface area contributed by atoms with Gasteiger partial charge in [0.2, 0.25) is 0 Å². The summed E-state index contributed by atoms with van der Waals surface area (Å²) in [5, 5.41) is 29.3. The summed E-state index contributed by atoms with van der Waals surface area (Å²) in [5.41, 5.74) is 0.391. The number of aliphatic hydroxyl groups is 3. The van der Waals surface area contributed by atoms with Gasteiger partial charge in [-0.15, -0.1) is 11.3 Å². The van der Waals surface area contributed by atoms with E-state index in [0.717, 1.165) is 7.11 Å². The van der Waals surface area contributed by atoms with Gasteiger partial charge in [0.25, 0.3) is 0 Å². The van der Waals surface area contributed by atoms with Gasteiger partial charge in [-0.2, -0.15) is 0 Å². The number of hydrogen-bond acceptors (Lipinski definition) is 6. The van der Waals surface area contributed by atoms with E-state index in [1.165, 1.54) is 17.4 Å². The van der Waals surface area contributed by atoms with Crippen LogP contribution in [0.25, 0.3) is 0 Å². The Morgan fingerprint density at radius 1 is 1.60 bits per heavy atom. The van der Waals surface area contributed by atoms with E-state index in [9.17, 15) is 15.0 Å². The van der Waals surface area contributed by atoms with Crippen molar-refractivity contribution < 1.29 is 24.9 Å². The third-order valence-electron chi connectivity index (χ3n) is 1.91. The second-order valence-electron chi connectivity index (χ2n) is 2.92. The average Bonchev–Trinajstić information content (AvgIpc) is 2.74. The maximum absolute atomic E-state index is 10.9. The molecule has 0 aromatic carbocycles. The fourth-order valence-corrected chi connectivity index (χ4v) is 1.84. The highest BCUT2D eigenvalue weighted by atomic mass is 32.1. The van der Waals surface area contributed by atoms with Gasteiger partial charge in [-0.3, -0.25) is 0 Å². The van der Waals surface area contributed by atoms with Crippen LogP contribution < -0.4 is 0 Å². The van der Waals surface area contributed by atoms with Crippen LogP contribution in [0.3, 0.4) is 0 Å². The highest BCUT2D eigenvalue weighted by molar-refractivity contribution is 7.10. The molecule has 0 aliphatic heterocycles. The molecule has 15 heavy (non-hydrogen) atoms. The monoisotopic (exact) mass is 232 g/mol. The van der Waals surface area contributed by atoms with E-state index in [-0.39, 0.29) is 6.61 Å². The maximum atomic E-state index is 10.9. The molecule has 1 rings (SSSR count). The first-order chi connectivity index (χ1) is 7.10. The molecule has 0 aliphatic carbocycles. The lowest BCUT2D eigenvalue weighted by Gasteiger charge is -2.14. The Morgan fingerprint density at radius 2 is 2.27 bits per heavy atom. The zero-order valence-corrected chi connectivity index (χ0v) is 8.90. The molecule has 3 N–H and O–H groups in total. The zero-order chi connectivity index (χ0) is 11.4. The number of esters is 1. The van der Waals surface area contributed by atoms with E-state index in [1.807, 2.05) is 0 Å². The number of hydrogen-bond donors (Lipinski definition) is 3. The number of thiophene rings is 1. The molecule has 2 atom stereocenters. The van der Waals surface area contributed by atoms with Gasteiger partial charge in [0.1, 0.15) is 6.10 Å². The van der Waals surface area contributed by atoms with Crippen molar-refractivity contribution in [3.63, 3.8) is 0 Å². The van der Waals surface area contributed by atoms with Gasteiger partial charge in [0.05, 0.1) is 13.7 Å². The smallest absolute Gasteiger partial charge is 0.337 e. The minimum Gasteiger partial charge on any atom is -0.467 e. The molecule has 0 spiro atoms. The fourth-order valence-electron chi connectivity index (χ4n) is 1.07. The Morgan fingerprint density at radius 3 is 2.73 bits per heavy atom. The summed E-state index contributed by atoms with van der Waals surface area (Å²) < 4.78 is 4.29. The summed E-state index contributed by atoms with van der Waals surface area (Å²) in [6.45, 7) is -0.133. The highest BCUT2D eigenvalue weighted by Crippen LogP contribution is 2.23. The predicted molar refractivity (Wildman–Crippen MR) is 53.2 cm³/mol. The SMILES string of the molecule is COC(=O)C(O)C(O)c1csc(CO)c1. The summed E-state index contributed by atoms with van der Waals surface area (Å²) in [6.07, 6.45) is -2.93. The number of rotatable bonds is 4. The molecule has 0 bridgehead atoms. The summed E-state index contributed by atoms with van der Waals surface area (Å²) >= 11 is 1.24. The van der Waals surface area contributed by atoms with Crippen LogP contribution in [0.4, 0.5) is 0 Å². The zero-order valence-electron chi connectivity index (χ0n) is 8.08. The van der Waals surface area contributed by atoms with Crippen LogP contribution in [0.2, 0.25) is 0 Å². The molecule has 0 fully saturated rings.